The minimum atomic E-state index is -0.695. The van der Waals surface area contributed by atoms with Crippen LogP contribution in [-0.4, -0.2) is 0 Å². The van der Waals surface area contributed by atoms with E-state index < -0.39 is 5.82 Å². The minimum absolute atomic E-state index is 0.0289. The lowest BCUT2D eigenvalue weighted by atomic mass is 10.0. The molecule has 0 saturated heterocycles. The molecule has 0 amide bonds. The molecule has 2 aromatic carbocycles. The van der Waals surface area contributed by atoms with Gasteiger partial charge in [-0.15, -0.1) is 0 Å². The summed E-state index contributed by atoms with van der Waals surface area (Å²) in [5, 5.41) is 8.93. The van der Waals surface area contributed by atoms with Crippen LogP contribution in [0.5, 0.6) is 0 Å². The lowest BCUT2D eigenvalue weighted by Crippen LogP contribution is -1.90. The molecule has 102 valence electrons. The molecule has 0 unspecified atom stereocenters. The summed E-state index contributed by atoms with van der Waals surface area (Å²) in [6.07, 6.45) is 0. The van der Waals surface area contributed by atoms with E-state index in [0.717, 1.165) is 6.07 Å². The normalized spacial score (nSPS) is 10.4. The molecule has 7 heteroatoms. The summed E-state index contributed by atoms with van der Waals surface area (Å²) >= 11 is 30.0. The van der Waals surface area contributed by atoms with Gasteiger partial charge >= 0.3 is 0 Å². The van der Waals surface area contributed by atoms with Crippen molar-refractivity contribution in [1.82, 2.24) is 0 Å². The van der Waals surface area contributed by atoms with E-state index in [-0.39, 0.29) is 36.2 Å². The molecule has 0 aliphatic heterocycles. The van der Waals surface area contributed by atoms with Gasteiger partial charge in [0, 0.05) is 5.56 Å². The second-order valence-corrected chi connectivity index (χ2v) is 5.64. The summed E-state index contributed by atoms with van der Waals surface area (Å²) in [7, 11) is 0. The Morgan fingerprint density at radius 1 is 0.850 bits per heavy atom. The fourth-order valence-corrected chi connectivity index (χ4v) is 2.98. The average molecular weight is 369 g/mol. The number of halogens is 6. The van der Waals surface area contributed by atoms with E-state index in [0.29, 0.717) is 5.56 Å². The van der Waals surface area contributed by atoms with Crippen molar-refractivity contribution in [2.45, 2.75) is 0 Å². The Morgan fingerprint density at radius 2 is 1.35 bits per heavy atom. The molecule has 2 rings (SSSR count). The van der Waals surface area contributed by atoms with E-state index in [9.17, 15) is 4.39 Å². The molecule has 20 heavy (non-hydrogen) atoms. The van der Waals surface area contributed by atoms with E-state index >= 15 is 0 Å². The quantitative estimate of drug-likeness (QED) is 0.409. The van der Waals surface area contributed by atoms with Crippen LogP contribution in [0.2, 0.25) is 25.1 Å². The maximum atomic E-state index is 13.7. The van der Waals surface area contributed by atoms with Crippen molar-refractivity contribution < 1.29 is 4.39 Å². The molecule has 0 N–H and O–H groups in total. The third-order valence-corrected chi connectivity index (χ3v) is 4.86. The molecular weight excluding hydrogens is 366 g/mol. The maximum Gasteiger partial charge on any atom is 0.141 e. The van der Waals surface area contributed by atoms with Crippen molar-refractivity contribution in [3.63, 3.8) is 0 Å². The highest BCUT2D eigenvalue weighted by atomic mass is 35.5. The summed E-state index contributed by atoms with van der Waals surface area (Å²) in [6.45, 7) is 0. The van der Waals surface area contributed by atoms with Gasteiger partial charge < -0.3 is 0 Å². The maximum absolute atomic E-state index is 13.7. The average Bonchev–Trinajstić information content (AvgIpc) is 2.43. The lowest BCUT2D eigenvalue weighted by Gasteiger charge is -2.13. The first-order valence-corrected chi connectivity index (χ1v) is 6.99. The molecule has 2 aromatic rings. The molecule has 0 heterocycles. The fraction of sp³-hybridized carbons (Fsp3) is 0. The van der Waals surface area contributed by atoms with E-state index in [4.69, 9.17) is 63.3 Å². The van der Waals surface area contributed by atoms with Crippen molar-refractivity contribution in [1.29, 1.82) is 5.26 Å². The number of nitrogens with zero attached hydrogens (tertiary/aromatic N) is 1. The number of rotatable bonds is 1. The molecule has 0 radical (unpaired) electrons. The number of hydrogen-bond acceptors (Lipinski definition) is 1. The second kappa shape index (κ2) is 5.97. The molecular formula is C13H3Cl5FN. The van der Waals surface area contributed by atoms with Gasteiger partial charge in [0.1, 0.15) is 11.9 Å². The summed E-state index contributed by atoms with van der Waals surface area (Å²) < 4.78 is 13.7. The van der Waals surface area contributed by atoms with E-state index in [1.54, 1.807) is 6.07 Å². The first-order chi connectivity index (χ1) is 9.38. The number of nitriles is 1. The van der Waals surface area contributed by atoms with Crippen molar-refractivity contribution in [2.24, 2.45) is 0 Å². The van der Waals surface area contributed by atoms with Crippen molar-refractivity contribution in [3.05, 3.63) is 54.7 Å². The SMILES string of the molecule is N#Cc1ccc(-c2c(Cl)c(Cl)c(Cl)c(Cl)c2Cl)cc1F. The predicted octanol–water partition coefficient (Wildman–Crippen LogP) is 6.63. The van der Waals surface area contributed by atoms with Crippen molar-refractivity contribution >= 4 is 58.0 Å². The van der Waals surface area contributed by atoms with Gasteiger partial charge in [-0.1, -0.05) is 64.1 Å². The topological polar surface area (TPSA) is 23.8 Å². The Labute approximate surface area is 139 Å². The van der Waals surface area contributed by atoms with Crippen LogP contribution in [0.15, 0.2) is 18.2 Å². The van der Waals surface area contributed by atoms with Crippen LogP contribution in [0.4, 0.5) is 4.39 Å². The van der Waals surface area contributed by atoms with Crippen LogP contribution in [0.25, 0.3) is 11.1 Å². The molecule has 0 saturated carbocycles. The van der Waals surface area contributed by atoms with Crippen LogP contribution in [0, 0.1) is 17.1 Å². The third kappa shape index (κ3) is 2.57. The molecule has 0 aliphatic rings. The largest absolute Gasteiger partial charge is 0.206 e. The second-order valence-electron chi connectivity index (χ2n) is 3.75. The van der Waals surface area contributed by atoms with Gasteiger partial charge in [0.2, 0.25) is 0 Å². The van der Waals surface area contributed by atoms with Crippen LogP contribution in [0.3, 0.4) is 0 Å². The molecule has 0 atom stereocenters. The van der Waals surface area contributed by atoms with Gasteiger partial charge in [-0.25, -0.2) is 4.39 Å². The van der Waals surface area contributed by atoms with Gasteiger partial charge in [-0.3, -0.25) is 0 Å². The smallest absolute Gasteiger partial charge is 0.141 e. The van der Waals surface area contributed by atoms with Crippen molar-refractivity contribution in [3.8, 4) is 17.2 Å². The molecule has 1 nitrogen and oxygen atoms in total. The van der Waals surface area contributed by atoms with Crippen LogP contribution >= 0.6 is 58.0 Å². The zero-order valence-corrected chi connectivity index (χ0v) is 13.2. The first-order valence-electron chi connectivity index (χ1n) is 5.10. The van der Waals surface area contributed by atoms with Gasteiger partial charge in [0.05, 0.1) is 30.7 Å². The molecule has 0 spiro atoms. The van der Waals surface area contributed by atoms with E-state index in [2.05, 4.69) is 0 Å². The molecule has 0 aromatic heterocycles. The monoisotopic (exact) mass is 367 g/mol. The lowest BCUT2D eigenvalue weighted by molar-refractivity contribution is 0.624. The minimum Gasteiger partial charge on any atom is -0.206 e. The molecule has 0 fully saturated rings. The van der Waals surface area contributed by atoms with Crippen LogP contribution < -0.4 is 0 Å². The van der Waals surface area contributed by atoms with E-state index in [1.807, 2.05) is 0 Å². The van der Waals surface area contributed by atoms with Crippen molar-refractivity contribution in [2.75, 3.05) is 0 Å². The first kappa shape index (κ1) is 15.7. The highest BCUT2D eigenvalue weighted by Crippen LogP contribution is 2.48. The van der Waals surface area contributed by atoms with Crippen LogP contribution in [-0.2, 0) is 0 Å². The Morgan fingerprint density at radius 3 is 1.80 bits per heavy atom. The highest BCUT2D eigenvalue weighted by molar-refractivity contribution is 6.56. The van der Waals surface area contributed by atoms with Gasteiger partial charge in [-0.05, 0) is 17.7 Å². The predicted molar refractivity (Wildman–Crippen MR) is 81.6 cm³/mol. The Balaban J connectivity index is 2.77. The van der Waals surface area contributed by atoms with Gasteiger partial charge in [-0.2, -0.15) is 5.26 Å². The zero-order valence-electron chi connectivity index (χ0n) is 9.45. The highest BCUT2D eigenvalue weighted by Gasteiger charge is 2.21. The standard InChI is InChI=1S/C13H3Cl5FN/c14-9-8(10(15)12(17)13(18)11(9)16)5-1-2-6(4-20)7(19)3-5/h1-3H. The fourth-order valence-electron chi connectivity index (χ4n) is 1.62. The Kier molecular flexibility index (Phi) is 4.69. The summed E-state index contributed by atoms with van der Waals surface area (Å²) in [5.74, 6) is -0.695. The summed E-state index contributed by atoms with van der Waals surface area (Å²) in [6, 6.07) is 5.66. The third-order valence-electron chi connectivity index (χ3n) is 2.59. The Bertz CT molecular complexity index is 722. The summed E-state index contributed by atoms with van der Waals surface area (Å²) in [4.78, 5) is 0. The number of benzene rings is 2. The molecule has 0 bridgehead atoms. The zero-order chi connectivity index (χ0) is 15.0. The van der Waals surface area contributed by atoms with Gasteiger partial charge in [0.25, 0.3) is 0 Å². The number of hydrogen-bond donors (Lipinski definition) is 0. The van der Waals surface area contributed by atoms with Crippen LogP contribution in [0.1, 0.15) is 5.56 Å². The summed E-state index contributed by atoms with van der Waals surface area (Å²) in [5.41, 5.74) is 0.514. The molecule has 0 aliphatic carbocycles. The van der Waals surface area contributed by atoms with E-state index in [1.165, 1.54) is 12.1 Å². The van der Waals surface area contributed by atoms with Gasteiger partial charge in [0.15, 0.2) is 0 Å². The Hall–Kier alpha value is -0.690.